The molecule has 0 aliphatic carbocycles. The molecule has 2 heterocycles. The number of aromatic amines is 1. The van der Waals surface area contributed by atoms with E-state index in [0.717, 1.165) is 29.1 Å². The first-order valence-corrected chi connectivity index (χ1v) is 10.7. The molecule has 0 aliphatic rings. The van der Waals surface area contributed by atoms with Crippen molar-refractivity contribution >= 4 is 22.8 Å². The van der Waals surface area contributed by atoms with Crippen molar-refractivity contribution < 1.29 is 27.6 Å². The molecule has 30 heavy (non-hydrogen) atoms. The Balaban J connectivity index is 2.04. The molecule has 0 atom stereocenters. The number of nitrogens with zero attached hydrogens (tertiary/aromatic N) is 2. The second-order valence-corrected chi connectivity index (χ2v) is 8.64. The van der Waals surface area contributed by atoms with Crippen LogP contribution in [0, 0.1) is 6.92 Å². The third-order valence-corrected chi connectivity index (χ3v) is 5.88. The van der Waals surface area contributed by atoms with Gasteiger partial charge in [0.25, 0.3) is 0 Å². The monoisotopic (exact) mass is 440 g/mol. The van der Waals surface area contributed by atoms with Gasteiger partial charge in [-0.15, -0.1) is 0 Å². The van der Waals surface area contributed by atoms with Crippen molar-refractivity contribution in [2.45, 2.75) is 45.2 Å². The summed E-state index contributed by atoms with van der Waals surface area (Å²) in [4.78, 5) is 7.48. The summed E-state index contributed by atoms with van der Waals surface area (Å²) in [5, 5.41) is 10.0. The second-order valence-electron chi connectivity index (χ2n) is 7.65. The predicted octanol–water partition coefficient (Wildman–Crippen LogP) is 4.57. The van der Waals surface area contributed by atoms with Crippen molar-refractivity contribution in [1.82, 2.24) is 9.97 Å². The van der Waals surface area contributed by atoms with E-state index in [1.807, 2.05) is 24.5 Å². The summed E-state index contributed by atoms with van der Waals surface area (Å²) in [6.45, 7) is 7.85. The SMILES string of the molecule is CCOc1cc[n+](-c2nc3ccc(C(F)(F)F)cc3[nH]2)c(CSCC(C)(C)O)c1C. The van der Waals surface area contributed by atoms with E-state index < -0.39 is 17.3 Å². The van der Waals surface area contributed by atoms with Gasteiger partial charge in [-0.25, -0.2) is 9.55 Å². The molecule has 3 aromatic rings. The van der Waals surface area contributed by atoms with Crippen LogP contribution in [-0.2, 0) is 11.9 Å². The molecule has 0 amide bonds. The van der Waals surface area contributed by atoms with E-state index in [-0.39, 0.29) is 0 Å². The van der Waals surface area contributed by atoms with Crippen LogP contribution in [0.2, 0.25) is 0 Å². The third kappa shape index (κ3) is 5.07. The van der Waals surface area contributed by atoms with E-state index >= 15 is 0 Å². The van der Waals surface area contributed by atoms with Gasteiger partial charge >= 0.3 is 12.1 Å². The summed E-state index contributed by atoms with van der Waals surface area (Å²) in [7, 11) is 0. The van der Waals surface area contributed by atoms with Crippen molar-refractivity contribution in [3.63, 3.8) is 0 Å². The van der Waals surface area contributed by atoms with Gasteiger partial charge in [0.15, 0.2) is 5.52 Å². The summed E-state index contributed by atoms with van der Waals surface area (Å²) in [6, 6.07) is 5.28. The highest BCUT2D eigenvalue weighted by molar-refractivity contribution is 7.98. The van der Waals surface area contributed by atoms with Crippen LogP contribution in [-0.4, -0.2) is 33.0 Å². The smallest absolute Gasteiger partial charge is 0.416 e. The number of H-pyrrole nitrogens is 1. The molecule has 0 fully saturated rings. The summed E-state index contributed by atoms with van der Waals surface area (Å²) in [5.41, 5.74) is 1.04. The molecule has 0 saturated heterocycles. The Labute approximate surface area is 177 Å². The molecule has 0 saturated carbocycles. The summed E-state index contributed by atoms with van der Waals surface area (Å²) in [6.07, 6.45) is -2.62. The average molecular weight is 441 g/mol. The van der Waals surface area contributed by atoms with Gasteiger partial charge in [-0.05, 0) is 45.9 Å². The van der Waals surface area contributed by atoms with Crippen molar-refractivity contribution in [3.05, 3.63) is 47.3 Å². The Hall–Kier alpha value is -2.26. The van der Waals surface area contributed by atoms with Crippen LogP contribution in [0.15, 0.2) is 30.5 Å². The number of benzene rings is 1. The largest absolute Gasteiger partial charge is 0.493 e. The number of aliphatic hydroxyl groups is 1. The summed E-state index contributed by atoms with van der Waals surface area (Å²) in [5.74, 6) is 2.26. The number of pyridine rings is 1. The van der Waals surface area contributed by atoms with E-state index in [1.54, 1.807) is 31.8 Å². The van der Waals surface area contributed by atoms with Gasteiger partial charge in [0.05, 0.1) is 24.0 Å². The molecule has 0 bridgehead atoms. The lowest BCUT2D eigenvalue weighted by Crippen LogP contribution is -2.38. The van der Waals surface area contributed by atoms with E-state index in [9.17, 15) is 18.3 Å². The van der Waals surface area contributed by atoms with Gasteiger partial charge in [-0.3, -0.25) is 0 Å². The van der Waals surface area contributed by atoms with Crippen LogP contribution in [0.4, 0.5) is 13.2 Å². The lowest BCUT2D eigenvalue weighted by atomic mass is 10.2. The van der Waals surface area contributed by atoms with Gasteiger partial charge < -0.3 is 9.84 Å². The van der Waals surface area contributed by atoms with Crippen LogP contribution >= 0.6 is 11.8 Å². The molecular formula is C21H25F3N3O2S+. The highest BCUT2D eigenvalue weighted by Crippen LogP contribution is 2.31. The Morgan fingerprint density at radius 1 is 1.23 bits per heavy atom. The minimum atomic E-state index is -4.42. The summed E-state index contributed by atoms with van der Waals surface area (Å²) >= 11 is 1.56. The number of hydrogen-bond acceptors (Lipinski definition) is 4. The van der Waals surface area contributed by atoms with Crippen molar-refractivity contribution in [2.24, 2.45) is 0 Å². The Kier molecular flexibility index (Phi) is 6.33. The third-order valence-electron chi connectivity index (χ3n) is 4.49. The van der Waals surface area contributed by atoms with Crippen molar-refractivity contribution in [2.75, 3.05) is 12.4 Å². The van der Waals surface area contributed by atoms with Gasteiger partial charge in [-0.1, -0.05) is 4.98 Å². The molecule has 3 rings (SSSR count). The molecule has 2 aromatic heterocycles. The maximum absolute atomic E-state index is 13.0. The molecule has 1 aromatic carbocycles. The highest BCUT2D eigenvalue weighted by Gasteiger charge is 2.32. The van der Waals surface area contributed by atoms with E-state index in [1.165, 1.54) is 6.07 Å². The minimum absolute atomic E-state index is 0.314. The average Bonchev–Trinajstić information content (AvgIpc) is 3.06. The molecule has 0 aliphatic heterocycles. The molecule has 0 unspecified atom stereocenters. The predicted molar refractivity (Wildman–Crippen MR) is 111 cm³/mol. The number of ether oxygens (including phenoxy) is 1. The molecule has 0 spiro atoms. The van der Waals surface area contributed by atoms with Gasteiger partial charge in [-0.2, -0.15) is 24.9 Å². The molecule has 162 valence electrons. The first-order chi connectivity index (χ1) is 14.0. The quantitative estimate of drug-likeness (QED) is 0.529. The number of imidazole rings is 1. The normalized spacial score (nSPS) is 12.5. The molecule has 5 nitrogen and oxygen atoms in total. The lowest BCUT2D eigenvalue weighted by Gasteiger charge is -2.17. The first kappa shape index (κ1) is 22.4. The number of nitrogens with one attached hydrogen (secondary N) is 1. The van der Waals surface area contributed by atoms with Crippen molar-refractivity contribution in [1.29, 1.82) is 0 Å². The van der Waals surface area contributed by atoms with Crippen LogP contribution in [0.1, 0.15) is 37.6 Å². The van der Waals surface area contributed by atoms with E-state index in [4.69, 9.17) is 4.74 Å². The number of fused-ring (bicyclic) bond motifs is 1. The minimum Gasteiger partial charge on any atom is -0.493 e. The number of rotatable bonds is 7. The Morgan fingerprint density at radius 2 is 1.97 bits per heavy atom. The van der Waals surface area contributed by atoms with Crippen molar-refractivity contribution in [3.8, 4) is 11.7 Å². The number of hydrogen-bond donors (Lipinski definition) is 2. The number of alkyl halides is 3. The van der Waals surface area contributed by atoms with Gasteiger partial charge in [0, 0.05) is 23.1 Å². The van der Waals surface area contributed by atoms with Crippen LogP contribution in [0.5, 0.6) is 5.75 Å². The standard InChI is InChI=1S/C21H25F3N3O2S/c1-5-29-18-8-9-27(17(13(18)2)11-30-12-20(3,4)28)19-25-15-7-6-14(21(22,23)24)10-16(15)26-19/h6-10,28H,5,11-12H2,1-4H3,(H,25,26)/q+1. The molecule has 2 N–H and O–H groups in total. The van der Waals surface area contributed by atoms with Crippen LogP contribution in [0.25, 0.3) is 17.0 Å². The zero-order valence-electron chi connectivity index (χ0n) is 17.3. The Bertz CT molecular complexity index is 1040. The van der Waals surface area contributed by atoms with E-state index in [2.05, 4.69) is 9.97 Å². The maximum Gasteiger partial charge on any atom is 0.416 e. The second kappa shape index (κ2) is 8.47. The molecular weight excluding hydrogens is 415 g/mol. The number of aromatic nitrogens is 3. The fourth-order valence-corrected chi connectivity index (χ4v) is 4.20. The zero-order chi connectivity index (χ0) is 22.1. The maximum atomic E-state index is 13.0. The fourth-order valence-electron chi connectivity index (χ4n) is 3.05. The number of halogens is 3. The van der Waals surface area contributed by atoms with Crippen LogP contribution < -0.4 is 9.30 Å². The summed E-state index contributed by atoms with van der Waals surface area (Å²) < 4.78 is 46.6. The topological polar surface area (TPSA) is 62.0 Å². The van der Waals surface area contributed by atoms with Gasteiger partial charge in [0.2, 0.25) is 0 Å². The van der Waals surface area contributed by atoms with Crippen LogP contribution in [0.3, 0.4) is 0 Å². The highest BCUT2D eigenvalue weighted by atomic mass is 32.2. The lowest BCUT2D eigenvalue weighted by molar-refractivity contribution is -0.610. The van der Waals surface area contributed by atoms with Gasteiger partial charge in [0.1, 0.15) is 17.0 Å². The zero-order valence-corrected chi connectivity index (χ0v) is 18.1. The Morgan fingerprint density at radius 3 is 2.60 bits per heavy atom. The van der Waals surface area contributed by atoms with E-state index in [0.29, 0.717) is 35.1 Å². The molecule has 9 heteroatoms. The first-order valence-electron chi connectivity index (χ1n) is 9.54. The number of thioether (sulfide) groups is 1. The fraction of sp³-hybridized carbons (Fsp3) is 0.429. The molecule has 0 radical (unpaired) electrons.